The molecule has 1 rings (SSSR count). The van der Waals surface area contributed by atoms with Gasteiger partial charge in [-0.15, -0.1) is 9.81 Å². The molecule has 0 aromatic carbocycles. The molecule has 0 fully saturated rings. The van der Waals surface area contributed by atoms with Gasteiger partial charge in [0.05, 0.1) is 5.92 Å². The van der Waals surface area contributed by atoms with Crippen molar-refractivity contribution in [1.29, 1.82) is 0 Å². The monoisotopic (exact) mass is 196 g/mol. The van der Waals surface area contributed by atoms with Crippen molar-refractivity contribution in [3.8, 4) is 0 Å². The highest BCUT2D eigenvalue weighted by Crippen LogP contribution is 2.32. The van der Waals surface area contributed by atoms with Gasteiger partial charge in [-0.25, -0.2) is 0 Å². The molecule has 1 aliphatic carbocycles. The fourth-order valence-corrected chi connectivity index (χ4v) is 1.19. The molecule has 0 saturated carbocycles. The van der Waals surface area contributed by atoms with Gasteiger partial charge in [0.2, 0.25) is 0 Å². The molecule has 0 heterocycles. The Morgan fingerprint density at radius 3 is 2.43 bits per heavy atom. The Kier molecular flexibility index (Phi) is 3.33. The van der Waals surface area contributed by atoms with E-state index in [9.17, 15) is 19.4 Å². The highest BCUT2D eigenvalue weighted by Gasteiger charge is 2.28. The van der Waals surface area contributed by atoms with Crippen LogP contribution in [0.15, 0.2) is 22.0 Å². The van der Waals surface area contributed by atoms with Crippen LogP contribution >= 0.6 is 0 Å². The van der Waals surface area contributed by atoms with E-state index in [-0.39, 0.29) is 12.8 Å². The smallest absolute Gasteiger partial charge is 0.269 e. The number of nitroso groups, excluding NO2 is 2. The maximum absolute atomic E-state index is 11.0. The van der Waals surface area contributed by atoms with Crippen LogP contribution in [0.1, 0.15) is 19.3 Å². The first-order chi connectivity index (χ1) is 6.69. The Hall–Kier alpha value is -1.72. The van der Waals surface area contributed by atoms with E-state index < -0.39 is 17.7 Å². The quantitative estimate of drug-likeness (QED) is 0.489. The minimum absolute atomic E-state index is 0.118. The van der Waals surface area contributed by atoms with Crippen LogP contribution in [0.3, 0.4) is 0 Å². The Balaban J connectivity index is 2.48. The molecule has 0 aromatic heterocycles. The fourth-order valence-electron chi connectivity index (χ4n) is 1.19. The number of rotatable bonds is 5. The van der Waals surface area contributed by atoms with E-state index in [1.807, 2.05) is 0 Å². The molecule has 0 N–H and O–H groups in total. The third kappa shape index (κ3) is 2.65. The van der Waals surface area contributed by atoms with E-state index in [0.29, 0.717) is 6.42 Å². The minimum Gasteiger partial charge on any atom is -0.269 e. The molecule has 74 valence electrons. The normalized spacial score (nSPS) is 15.3. The Morgan fingerprint density at radius 2 is 2.00 bits per heavy atom. The van der Waals surface area contributed by atoms with E-state index in [4.69, 9.17) is 0 Å². The van der Waals surface area contributed by atoms with E-state index in [2.05, 4.69) is 10.4 Å². The Bertz CT molecular complexity index is 321. The van der Waals surface area contributed by atoms with Gasteiger partial charge in [-0.1, -0.05) is 11.6 Å². The second-order valence-electron chi connectivity index (χ2n) is 2.99. The molecule has 1 unspecified atom stereocenters. The lowest BCUT2D eigenvalue weighted by Gasteiger charge is -2.05. The molecule has 14 heavy (non-hydrogen) atoms. The maximum atomic E-state index is 11.0. The zero-order chi connectivity index (χ0) is 10.6. The van der Waals surface area contributed by atoms with Gasteiger partial charge < -0.3 is 0 Å². The van der Waals surface area contributed by atoms with Gasteiger partial charge in [-0.2, -0.15) is 0 Å². The number of hydrogen-bond acceptors (Lipinski definition) is 4. The summed E-state index contributed by atoms with van der Waals surface area (Å²) < 4.78 is 0. The average molecular weight is 196 g/mol. The van der Waals surface area contributed by atoms with Gasteiger partial charge in [-0.05, 0) is 12.8 Å². The van der Waals surface area contributed by atoms with Crippen molar-refractivity contribution in [1.82, 2.24) is 0 Å². The molecule has 0 bridgehead atoms. The predicted octanol–water partition coefficient (Wildman–Crippen LogP) is 1.30. The summed E-state index contributed by atoms with van der Waals surface area (Å²) in [6, 6.07) is 0. The molecule has 0 spiro atoms. The predicted molar refractivity (Wildman–Crippen MR) is 47.0 cm³/mol. The summed E-state index contributed by atoms with van der Waals surface area (Å²) in [6.45, 7) is 0. The topological polar surface area (TPSA) is 93.0 Å². The van der Waals surface area contributed by atoms with Crippen LogP contribution in [0.25, 0.3) is 0 Å². The SMILES string of the molecule is O=NC(=O)CCC(C(=O)N=O)C1=CC1. The molecule has 1 atom stereocenters. The van der Waals surface area contributed by atoms with E-state index in [0.717, 1.165) is 5.57 Å². The van der Waals surface area contributed by atoms with Gasteiger partial charge >= 0.3 is 0 Å². The largest absolute Gasteiger partial charge is 0.293 e. The van der Waals surface area contributed by atoms with Crippen LogP contribution in [0, 0.1) is 15.7 Å². The van der Waals surface area contributed by atoms with Gasteiger partial charge in [0.15, 0.2) is 0 Å². The fraction of sp³-hybridized carbons (Fsp3) is 0.500. The van der Waals surface area contributed by atoms with Crippen LogP contribution in [-0.2, 0) is 9.59 Å². The summed E-state index contributed by atoms with van der Waals surface area (Å²) in [5, 5.41) is 4.50. The lowest BCUT2D eigenvalue weighted by molar-refractivity contribution is -0.121. The molecule has 6 heteroatoms. The first-order valence-corrected chi connectivity index (χ1v) is 4.11. The number of allylic oxidation sites excluding steroid dienone is 1. The zero-order valence-electron chi connectivity index (χ0n) is 7.30. The summed E-state index contributed by atoms with van der Waals surface area (Å²) in [6.07, 6.45) is 2.48. The molecule has 0 saturated heterocycles. The lowest BCUT2D eigenvalue weighted by atomic mass is 9.99. The number of hydrogen-bond donors (Lipinski definition) is 0. The van der Waals surface area contributed by atoms with Crippen LogP contribution in [-0.4, -0.2) is 11.8 Å². The summed E-state index contributed by atoms with van der Waals surface area (Å²) in [7, 11) is 0. The van der Waals surface area contributed by atoms with Crippen LogP contribution in [0.2, 0.25) is 0 Å². The van der Waals surface area contributed by atoms with E-state index in [1.165, 1.54) is 0 Å². The number of carbonyl (C=O) groups is 2. The van der Waals surface area contributed by atoms with Crippen molar-refractivity contribution in [3.05, 3.63) is 21.5 Å². The molecule has 0 aromatic rings. The third-order valence-corrected chi connectivity index (χ3v) is 2.02. The number of nitrogens with zero attached hydrogens (tertiary/aromatic N) is 2. The minimum atomic E-state index is -0.810. The number of carbonyl (C=O) groups excluding carboxylic acids is 2. The van der Waals surface area contributed by atoms with Crippen molar-refractivity contribution >= 4 is 11.8 Å². The average Bonchev–Trinajstić information content (AvgIpc) is 3.01. The Labute approximate surface area is 79.3 Å². The van der Waals surface area contributed by atoms with Crippen molar-refractivity contribution in [2.24, 2.45) is 16.3 Å². The van der Waals surface area contributed by atoms with Gasteiger partial charge in [0.1, 0.15) is 0 Å². The van der Waals surface area contributed by atoms with Crippen LogP contribution in [0.4, 0.5) is 0 Å². The summed E-state index contributed by atoms with van der Waals surface area (Å²) >= 11 is 0. The Morgan fingerprint density at radius 1 is 1.36 bits per heavy atom. The summed E-state index contributed by atoms with van der Waals surface area (Å²) in [5.41, 5.74) is 0.813. The molecular weight excluding hydrogens is 188 g/mol. The van der Waals surface area contributed by atoms with Crippen molar-refractivity contribution < 1.29 is 9.59 Å². The van der Waals surface area contributed by atoms with Crippen molar-refractivity contribution in [2.75, 3.05) is 0 Å². The van der Waals surface area contributed by atoms with Gasteiger partial charge in [0, 0.05) is 16.8 Å². The molecular formula is C8H8N2O4. The standard InChI is InChI=1S/C8H8N2O4/c11-7(9-13)4-3-6(5-1-2-5)8(12)10-14/h1,6H,2-4H2. The third-order valence-electron chi connectivity index (χ3n) is 2.02. The zero-order valence-corrected chi connectivity index (χ0v) is 7.30. The van der Waals surface area contributed by atoms with E-state index in [1.54, 1.807) is 6.08 Å². The second-order valence-corrected chi connectivity index (χ2v) is 2.99. The van der Waals surface area contributed by atoms with Crippen LogP contribution in [0.5, 0.6) is 0 Å². The van der Waals surface area contributed by atoms with Gasteiger partial charge in [0.25, 0.3) is 11.8 Å². The lowest BCUT2D eigenvalue weighted by Crippen LogP contribution is -2.12. The van der Waals surface area contributed by atoms with Crippen LogP contribution < -0.4 is 0 Å². The molecule has 2 amide bonds. The van der Waals surface area contributed by atoms with Crippen molar-refractivity contribution in [2.45, 2.75) is 19.3 Å². The molecule has 6 nitrogen and oxygen atoms in total. The highest BCUT2D eigenvalue weighted by atomic mass is 16.3. The van der Waals surface area contributed by atoms with Gasteiger partial charge in [-0.3, -0.25) is 9.59 Å². The first-order valence-electron chi connectivity index (χ1n) is 4.11. The second kappa shape index (κ2) is 4.50. The summed E-state index contributed by atoms with van der Waals surface area (Å²) in [4.78, 5) is 41.3. The summed E-state index contributed by atoms with van der Waals surface area (Å²) in [5.74, 6) is -2.22. The molecule has 0 aliphatic heterocycles. The maximum Gasteiger partial charge on any atom is 0.293 e. The first kappa shape index (κ1) is 10.4. The van der Waals surface area contributed by atoms with Crippen molar-refractivity contribution in [3.63, 3.8) is 0 Å². The van der Waals surface area contributed by atoms with E-state index >= 15 is 0 Å². The molecule has 1 aliphatic rings. The number of amides is 2. The molecule has 0 radical (unpaired) electrons. The highest BCUT2D eigenvalue weighted by molar-refractivity contribution is 5.84.